The Balaban J connectivity index is 2.24. The second kappa shape index (κ2) is 5.69. The van der Waals surface area contributed by atoms with Gasteiger partial charge in [0, 0.05) is 18.0 Å². The molecule has 0 amide bonds. The first kappa shape index (κ1) is 15.3. The molecule has 0 aliphatic rings. The Morgan fingerprint density at radius 2 is 2.05 bits per heavy atom. The fourth-order valence-electron chi connectivity index (χ4n) is 2.22. The summed E-state index contributed by atoms with van der Waals surface area (Å²) in [7, 11) is 0. The highest BCUT2D eigenvalue weighted by atomic mass is 16.6. The first-order valence-electron chi connectivity index (χ1n) is 6.84. The molecule has 1 aromatic carbocycles. The third kappa shape index (κ3) is 3.49. The average Bonchev–Trinajstić information content (AvgIpc) is 2.75. The van der Waals surface area contributed by atoms with Crippen molar-refractivity contribution in [3.8, 4) is 0 Å². The van der Waals surface area contributed by atoms with Crippen LogP contribution in [0, 0.1) is 0 Å². The molecule has 0 spiro atoms. The number of para-hydroxylation sites is 1. The van der Waals surface area contributed by atoms with Gasteiger partial charge in [-0.1, -0.05) is 18.2 Å². The molecule has 2 rings (SSSR count). The Morgan fingerprint density at radius 1 is 1.38 bits per heavy atom. The maximum atomic E-state index is 12.0. The Labute approximate surface area is 123 Å². The van der Waals surface area contributed by atoms with E-state index >= 15 is 0 Å². The van der Waals surface area contributed by atoms with Crippen molar-refractivity contribution in [1.29, 1.82) is 0 Å². The van der Waals surface area contributed by atoms with Gasteiger partial charge in [-0.3, -0.25) is 14.2 Å². The van der Waals surface area contributed by atoms with Gasteiger partial charge in [-0.25, -0.2) is 0 Å². The lowest BCUT2D eigenvalue weighted by molar-refractivity contribution is -0.156. The molecule has 5 heteroatoms. The highest BCUT2D eigenvalue weighted by molar-refractivity contribution is 5.89. The fraction of sp³-hybridized carbons (Fsp3) is 0.375. The maximum absolute atomic E-state index is 12.0. The van der Waals surface area contributed by atoms with E-state index in [-0.39, 0.29) is 0 Å². The Morgan fingerprint density at radius 3 is 2.67 bits per heavy atom. The van der Waals surface area contributed by atoms with E-state index in [1.807, 2.05) is 24.3 Å². The van der Waals surface area contributed by atoms with Crippen molar-refractivity contribution in [2.45, 2.75) is 38.8 Å². The third-order valence-electron chi connectivity index (χ3n) is 3.09. The molecule has 0 fully saturated rings. The molecular weight excluding hydrogens is 268 g/mol. The van der Waals surface area contributed by atoms with Crippen molar-refractivity contribution in [3.63, 3.8) is 0 Å². The predicted molar refractivity (Wildman–Crippen MR) is 81.6 cm³/mol. The van der Waals surface area contributed by atoms with Crippen LogP contribution < -0.4 is 5.73 Å². The molecule has 0 aliphatic carbocycles. The van der Waals surface area contributed by atoms with Crippen molar-refractivity contribution in [2.75, 3.05) is 0 Å². The molecular formula is C16H20N2O3. The number of benzene rings is 1. The lowest BCUT2D eigenvalue weighted by atomic mass is 10.1. The Hall–Kier alpha value is -2.14. The summed E-state index contributed by atoms with van der Waals surface area (Å²) in [4.78, 5) is 23.0. The van der Waals surface area contributed by atoms with Crippen LogP contribution in [-0.2, 0) is 20.7 Å². The average molecular weight is 288 g/mol. The molecule has 0 aliphatic heterocycles. The molecule has 0 saturated carbocycles. The molecule has 0 radical (unpaired) electrons. The number of hydrogen-bond acceptors (Lipinski definition) is 4. The van der Waals surface area contributed by atoms with Crippen LogP contribution in [0.1, 0.15) is 26.3 Å². The molecule has 2 aromatic rings. The van der Waals surface area contributed by atoms with Gasteiger partial charge in [0.05, 0.1) is 5.52 Å². The van der Waals surface area contributed by atoms with Crippen LogP contribution in [0.4, 0.5) is 0 Å². The van der Waals surface area contributed by atoms with E-state index < -0.39 is 17.6 Å². The summed E-state index contributed by atoms with van der Waals surface area (Å²) in [5.74, 6) is -0.439. The smallest absolute Gasteiger partial charge is 0.323 e. The van der Waals surface area contributed by atoms with Crippen molar-refractivity contribution in [1.82, 2.24) is 4.57 Å². The van der Waals surface area contributed by atoms with E-state index in [1.54, 1.807) is 27.0 Å². The van der Waals surface area contributed by atoms with Gasteiger partial charge in [0.15, 0.2) is 0 Å². The summed E-state index contributed by atoms with van der Waals surface area (Å²) in [6.07, 6.45) is 2.78. The van der Waals surface area contributed by atoms with Crippen molar-refractivity contribution >= 4 is 23.3 Å². The molecule has 0 unspecified atom stereocenters. The van der Waals surface area contributed by atoms with E-state index in [1.165, 1.54) is 4.57 Å². The molecule has 1 heterocycles. The van der Waals surface area contributed by atoms with E-state index in [0.29, 0.717) is 6.42 Å². The topological polar surface area (TPSA) is 74.3 Å². The molecule has 0 bridgehead atoms. The van der Waals surface area contributed by atoms with E-state index in [0.717, 1.165) is 22.9 Å². The second-order valence-corrected chi connectivity index (χ2v) is 6.03. The molecule has 21 heavy (non-hydrogen) atoms. The number of rotatable bonds is 4. The molecule has 1 aromatic heterocycles. The Kier molecular flexibility index (Phi) is 4.14. The number of ether oxygens (including phenoxy) is 1. The lowest BCUT2D eigenvalue weighted by Crippen LogP contribution is -2.38. The zero-order chi connectivity index (χ0) is 15.6. The molecule has 0 saturated heterocycles. The van der Waals surface area contributed by atoms with Crippen molar-refractivity contribution < 1.29 is 14.3 Å². The molecule has 5 nitrogen and oxygen atoms in total. The van der Waals surface area contributed by atoms with Crippen LogP contribution in [0.25, 0.3) is 10.9 Å². The predicted octanol–water partition coefficient (Wildman–Crippen LogP) is 1.89. The van der Waals surface area contributed by atoms with Crippen LogP contribution in [0.5, 0.6) is 0 Å². The largest absolute Gasteiger partial charge is 0.459 e. The zero-order valence-electron chi connectivity index (χ0n) is 12.5. The summed E-state index contributed by atoms with van der Waals surface area (Å²) in [5.41, 5.74) is 7.02. The Bertz CT molecular complexity index is 668. The van der Waals surface area contributed by atoms with Gasteiger partial charge >= 0.3 is 5.97 Å². The minimum absolute atomic E-state index is 0.330. The monoisotopic (exact) mass is 288 g/mol. The molecule has 112 valence electrons. The summed E-state index contributed by atoms with van der Waals surface area (Å²) in [6, 6.07) is 6.76. The fourth-order valence-corrected chi connectivity index (χ4v) is 2.22. The quantitative estimate of drug-likeness (QED) is 0.688. The van der Waals surface area contributed by atoms with Gasteiger partial charge < -0.3 is 10.5 Å². The normalized spacial score (nSPS) is 13.1. The summed E-state index contributed by atoms with van der Waals surface area (Å²) < 4.78 is 6.77. The summed E-state index contributed by atoms with van der Waals surface area (Å²) >= 11 is 0. The molecule has 1 atom stereocenters. The van der Waals surface area contributed by atoms with Crippen LogP contribution in [0.3, 0.4) is 0 Å². The van der Waals surface area contributed by atoms with E-state index in [2.05, 4.69) is 0 Å². The SMILES string of the molecule is CC(C)(C)OC(=O)[C@H](N)Cc1cn(C=O)c2ccccc12. The van der Waals surface area contributed by atoms with Crippen LogP contribution in [-0.4, -0.2) is 28.6 Å². The minimum atomic E-state index is -0.755. The van der Waals surface area contributed by atoms with Crippen molar-refractivity contribution in [2.24, 2.45) is 5.73 Å². The standard InChI is InChI=1S/C16H20N2O3/c1-16(2,3)21-15(20)13(17)8-11-9-18(10-19)14-7-5-4-6-12(11)14/h4-7,9-10,13H,8,17H2,1-3H3/t13-/m1/s1. The van der Waals surface area contributed by atoms with E-state index in [9.17, 15) is 9.59 Å². The number of nitrogens with two attached hydrogens (primary N) is 1. The van der Waals surface area contributed by atoms with Crippen LogP contribution in [0.15, 0.2) is 30.5 Å². The van der Waals surface area contributed by atoms with Crippen molar-refractivity contribution in [3.05, 3.63) is 36.0 Å². The highest BCUT2D eigenvalue weighted by Crippen LogP contribution is 2.22. The van der Waals surface area contributed by atoms with Gasteiger partial charge in [0.1, 0.15) is 11.6 Å². The van der Waals surface area contributed by atoms with Gasteiger partial charge in [-0.15, -0.1) is 0 Å². The number of hydrogen-bond donors (Lipinski definition) is 1. The highest BCUT2D eigenvalue weighted by Gasteiger charge is 2.23. The zero-order valence-corrected chi connectivity index (χ0v) is 12.5. The number of nitrogens with zero attached hydrogens (tertiary/aromatic N) is 1. The lowest BCUT2D eigenvalue weighted by Gasteiger charge is -2.22. The van der Waals surface area contributed by atoms with Crippen LogP contribution >= 0.6 is 0 Å². The number of carbonyl (C=O) groups excluding carboxylic acids is 2. The summed E-state index contributed by atoms with van der Waals surface area (Å²) in [5, 5.41) is 0.920. The number of aromatic nitrogens is 1. The number of esters is 1. The minimum Gasteiger partial charge on any atom is -0.459 e. The first-order valence-corrected chi connectivity index (χ1v) is 6.84. The number of carbonyl (C=O) groups is 2. The van der Waals surface area contributed by atoms with Gasteiger partial charge in [-0.05, 0) is 32.4 Å². The molecule has 2 N–H and O–H groups in total. The second-order valence-electron chi connectivity index (χ2n) is 6.03. The maximum Gasteiger partial charge on any atom is 0.323 e. The third-order valence-corrected chi connectivity index (χ3v) is 3.09. The van der Waals surface area contributed by atoms with Gasteiger partial charge in [0.25, 0.3) is 0 Å². The van der Waals surface area contributed by atoms with Crippen LogP contribution in [0.2, 0.25) is 0 Å². The first-order chi connectivity index (χ1) is 9.81. The van der Waals surface area contributed by atoms with E-state index in [4.69, 9.17) is 10.5 Å². The summed E-state index contributed by atoms with van der Waals surface area (Å²) in [6.45, 7) is 5.40. The van der Waals surface area contributed by atoms with Gasteiger partial charge in [0.2, 0.25) is 6.41 Å². The number of fused-ring (bicyclic) bond motifs is 1. The van der Waals surface area contributed by atoms with Gasteiger partial charge in [-0.2, -0.15) is 0 Å².